The maximum absolute atomic E-state index is 5.60. The molecule has 0 bridgehead atoms. The summed E-state index contributed by atoms with van der Waals surface area (Å²) < 4.78 is 2.08. The van der Waals surface area contributed by atoms with Crippen molar-refractivity contribution in [3.63, 3.8) is 0 Å². The van der Waals surface area contributed by atoms with Gasteiger partial charge in [0, 0.05) is 31.9 Å². The summed E-state index contributed by atoms with van der Waals surface area (Å²) in [4.78, 5) is 4.33. The minimum Gasteiger partial charge on any atom is -0.338 e. The van der Waals surface area contributed by atoms with E-state index in [0.717, 1.165) is 24.6 Å². The zero-order valence-electron chi connectivity index (χ0n) is 10.0. The summed E-state index contributed by atoms with van der Waals surface area (Å²) in [6, 6.07) is 0.446. The van der Waals surface area contributed by atoms with Crippen LogP contribution in [-0.4, -0.2) is 15.6 Å². The van der Waals surface area contributed by atoms with Gasteiger partial charge in [0.1, 0.15) is 5.82 Å². The van der Waals surface area contributed by atoms with Gasteiger partial charge in [-0.05, 0) is 18.8 Å². The van der Waals surface area contributed by atoms with Crippen LogP contribution in [0.1, 0.15) is 37.9 Å². The van der Waals surface area contributed by atoms with Crippen LogP contribution in [0.25, 0.3) is 0 Å². The molecular formula is C12H22N4. The van der Waals surface area contributed by atoms with E-state index in [1.165, 1.54) is 25.7 Å². The Morgan fingerprint density at radius 2 is 2.44 bits per heavy atom. The number of aryl methyl sites for hydroxylation is 2. The van der Waals surface area contributed by atoms with Crippen molar-refractivity contribution in [2.24, 2.45) is 18.8 Å². The second kappa shape index (κ2) is 5.46. The van der Waals surface area contributed by atoms with Crippen molar-refractivity contribution in [2.45, 2.75) is 44.6 Å². The number of aromatic nitrogens is 2. The van der Waals surface area contributed by atoms with Crippen molar-refractivity contribution < 1.29 is 0 Å². The molecule has 3 N–H and O–H groups in total. The molecule has 1 saturated carbocycles. The quantitative estimate of drug-likeness (QED) is 0.564. The second-order valence-corrected chi connectivity index (χ2v) is 4.89. The molecule has 90 valence electrons. The maximum atomic E-state index is 5.60. The lowest BCUT2D eigenvalue weighted by Gasteiger charge is -2.29. The molecule has 2 rings (SSSR count). The Morgan fingerprint density at radius 1 is 1.62 bits per heavy atom. The van der Waals surface area contributed by atoms with Crippen LogP contribution in [-0.2, 0) is 13.5 Å². The average Bonchev–Trinajstić information content (AvgIpc) is 2.62. The highest BCUT2D eigenvalue weighted by atomic mass is 15.2. The van der Waals surface area contributed by atoms with Gasteiger partial charge >= 0.3 is 0 Å². The zero-order valence-corrected chi connectivity index (χ0v) is 10.0. The molecule has 1 aromatic rings. The number of hydrazine groups is 1. The Balaban J connectivity index is 1.76. The molecule has 1 fully saturated rings. The Hall–Kier alpha value is -0.870. The van der Waals surface area contributed by atoms with E-state index >= 15 is 0 Å². The van der Waals surface area contributed by atoms with Gasteiger partial charge in [-0.2, -0.15) is 0 Å². The maximum Gasteiger partial charge on any atom is 0.108 e. The largest absolute Gasteiger partial charge is 0.338 e. The zero-order chi connectivity index (χ0) is 11.4. The predicted molar refractivity (Wildman–Crippen MR) is 64.6 cm³/mol. The third-order valence-electron chi connectivity index (χ3n) is 3.72. The number of imidazole rings is 1. The summed E-state index contributed by atoms with van der Waals surface area (Å²) in [6.07, 6.45) is 11.3. The Labute approximate surface area is 97.2 Å². The van der Waals surface area contributed by atoms with Gasteiger partial charge in [-0.3, -0.25) is 11.3 Å². The first-order valence-electron chi connectivity index (χ1n) is 6.22. The number of hydrogen-bond acceptors (Lipinski definition) is 3. The van der Waals surface area contributed by atoms with Crippen LogP contribution in [0.4, 0.5) is 0 Å². The molecule has 4 nitrogen and oxygen atoms in total. The second-order valence-electron chi connectivity index (χ2n) is 4.89. The van der Waals surface area contributed by atoms with E-state index in [0.29, 0.717) is 6.04 Å². The Bertz CT molecular complexity index is 317. The van der Waals surface area contributed by atoms with Gasteiger partial charge in [-0.25, -0.2) is 4.98 Å². The Kier molecular flexibility index (Phi) is 3.96. The van der Waals surface area contributed by atoms with E-state index < -0.39 is 0 Å². The normalized spacial score (nSPS) is 18.4. The number of nitrogens with zero attached hydrogens (tertiary/aromatic N) is 2. The Morgan fingerprint density at radius 3 is 2.94 bits per heavy atom. The van der Waals surface area contributed by atoms with E-state index in [4.69, 9.17) is 5.84 Å². The molecule has 0 aromatic carbocycles. The van der Waals surface area contributed by atoms with Crippen molar-refractivity contribution in [1.29, 1.82) is 0 Å². The SMILES string of the molecule is Cn1ccnc1CCC(CC1CCC1)NN. The highest BCUT2D eigenvalue weighted by Crippen LogP contribution is 2.31. The first-order chi connectivity index (χ1) is 7.79. The first-order valence-corrected chi connectivity index (χ1v) is 6.22. The predicted octanol–water partition coefficient (Wildman–Crippen LogP) is 1.37. The van der Waals surface area contributed by atoms with E-state index in [9.17, 15) is 0 Å². The van der Waals surface area contributed by atoms with Gasteiger partial charge in [0.25, 0.3) is 0 Å². The van der Waals surface area contributed by atoms with E-state index in [1.807, 2.05) is 19.4 Å². The fraction of sp³-hybridized carbons (Fsp3) is 0.750. The van der Waals surface area contributed by atoms with Crippen molar-refractivity contribution in [3.05, 3.63) is 18.2 Å². The number of rotatable bonds is 6. The van der Waals surface area contributed by atoms with E-state index in [-0.39, 0.29) is 0 Å². The third-order valence-corrected chi connectivity index (χ3v) is 3.72. The molecule has 0 amide bonds. The molecule has 0 saturated heterocycles. The van der Waals surface area contributed by atoms with Gasteiger partial charge in [-0.1, -0.05) is 19.3 Å². The number of nitrogens with one attached hydrogen (secondary N) is 1. The number of hydrogen-bond donors (Lipinski definition) is 2. The summed E-state index contributed by atoms with van der Waals surface area (Å²) in [5.74, 6) is 7.65. The average molecular weight is 222 g/mol. The fourth-order valence-corrected chi connectivity index (χ4v) is 2.34. The topological polar surface area (TPSA) is 55.9 Å². The molecule has 1 aromatic heterocycles. The molecule has 16 heavy (non-hydrogen) atoms. The van der Waals surface area contributed by atoms with Crippen molar-refractivity contribution in [2.75, 3.05) is 0 Å². The molecule has 0 aliphatic heterocycles. The van der Waals surface area contributed by atoms with Crippen LogP contribution < -0.4 is 11.3 Å². The van der Waals surface area contributed by atoms with Crippen molar-refractivity contribution >= 4 is 0 Å². The summed E-state index contributed by atoms with van der Waals surface area (Å²) in [5.41, 5.74) is 2.95. The minimum absolute atomic E-state index is 0.446. The van der Waals surface area contributed by atoms with Crippen molar-refractivity contribution in [1.82, 2.24) is 15.0 Å². The van der Waals surface area contributed by atoms with Crippen LogP contribution >= 0.6 is 0 Å². The summed E-state index contributed by atoms with van der Waals surface area (Å²) >= 11 is 0. The fourth-order valence-electron chi connectivity index (χ4n) is 2.34. The molecule has 1 aliphatic rings. The highest BCUT2D eigenvalue weighted by molar-refractivity contribution is 4.92. The smallest absolute Gasteiger partial charge is 0.108 e. The molecule has 0 radical (unpaired) electrons. The van der Waals surface area contributed by atoms with Crippen LogP contribution in [0.5, 0.6) is 0 Å². The first kappa shape index (κ1) is 11.6. The van der Waals surface area contributed by atoms with Crippen LogP contribution in [0.2, 0.25) is 0 Å². The van der Waals surface area contributed by atoms with Gasteiger partial charge in [0.05, 0.1) is 0 Å². The summed E-state index contributed by atoms with van der Waals surface area (Å²) in [7, 11) is 2.04. The van der Waals surface area contributed by atoms with Gasteiger partial charge in [0.2, 0.25) is 0 Å². The van der Waals surface area contributed by atoms with E-state index in [1.54, 1.807) is 0 Å². The molecular weight excluding hydrogens is 200 g/mol. The summed E-state index contributed by atoms with van der Waals surface area (Å²) in [6.45, 7) is 0. The standard InChI is InChI=1S/C12H22N4/c1-16-8-7-14-12(16)6-5-11(15-13)9-10-3-2-4-10/h7-8,10-11,15H,2-6,9,13H2,1H3. The lowest BCUT2D eigenvalue weighted by molar-refractivity contribution is 0.254. The van der Waals surface area contributed by atoms with Crippen LogP contribution in [0, 0.1) is 5.92 Å². The molecule has 1 unspecified atom stereocenters. The van der Waals surface area contributed by atoms with Crippen LogP contribution in [0.3, 0.4) is 0 Å². The van der Waals surface area contributed by atoms with Gasteiger partial charge in [0.15, 0.2) is 0 Å². The minimum atomic E-state index is 0.446. The third kappa shape index (κ3) is 2.83. The highest BCUT2D eigenvalue weighted by Gasteiger charge is 2.21. The van der Waals surface area contributed by atoms with E-state index in [2.05, 4.69) is 15.0 Å². The summed E-state index contributed by atoms with van der Waals surface area (Å²) in [5, 5.41) is 0. The lowest BCUT2D eigenvalue weighted by atomic mass is 9.80. The van der Waals surface area contributed by atoms with Crippen LogP contribution in [0.15, 0.2) is 12.4 Å². The molecule has 1 aliphatic carbocycles. The molecule has 0 spiro atoms. The van der Waals surface area contributed by atoms with Gasteiger partial charge < -0.3 is 4.57 Å². The monoisotopic (exact) mass is 222 g/mol. The van der Waals surface area contributed by atoms with Gasteiger partial charge in [-0.15, -0.1) is 0 Å². The lowest BCUT2D eigenvalue weighted by Crippen LogP contribution is -2.38. The molecule has 1 heterocycles. The number of nitrogens with two attached hydrogens (primary N) is 1. The van der Waals surface area contributed by atoms with Crippen molar-refractivity contribution in [3.8, 4) is 0 Å². The molecule has 1 atom stereocenters. The molecule has 4 heteroatoms.